The zero-order valence-corrected chi connectivity index (χ0v) is 20.5. The Balaban J connectivity index is 0.00000676. The van der Waals surface area contributed by atoms with Gasteiger partial charge < -0.3 is 4.55 Å². The van der Waals surface area contributed by atoms with Gasteiger partial charge in [-0.2, -0.15) is 0 Å². The molecule has 0 saturated carbocycles. The molecule has 0 amide bonds. The predicted molar refractivity (Wildman–Crippen MR) is 109 cm³/mol. The van der Waals surface area contributed by atoms with Crippen molar-refractivity contribution in [2.24, 2.45) is 0 Å². The Morgan fingerprint density at radius 3 is 1.63 bits per heavy atom. The molecule has 0 heterocycles. The Morgan fingerprint density at radius 2 is 1.22 bits per heavy atom. The third kappa shape index (κ3) is 12.3. The zero-order chi connectivity index (χ0) is 19.3. The molecule has 0 radical (unpaired) electrons. The van der Waals surface area contributed by atoms with Crippen LogP contribution in [0.25, 0.3) is 0 Å². The van der Waals surface area contributed by atoms with Crippen LogP contribution in [0.3, 0.4) is 0 Å². The monoisotopic (exact) mass is 404 g/mol. The first kappa shape index (κ1) is 27.1. The minimum atomic E-state index is -4.34. The SMILES string of the molecule is CCCCCCCCCCCCCC(CC)c1ccc(S(=O)(=O)[O-])cc1.[Na+]. The van der Waals surface area contributed by atoms with E-state index in [-0.39, 0.29) is 34.5 Å². The van der Waals surface area contributed by atoms with Crippen molar-refractivity contribution in [1.29, 1.82) is 0 Å². The summed E-state index contributed by atoms with van der Waals surface area (Å²) in [7, 11) is -4.34. The molecule has 1 unspecified atom stereocenters. The maximum atomic E-state index is 11.0. The van der Waals surface area contributed by atoms with E-state index >= 15 is 0 Å². The van der Waals surface area contributed by atoms with E-state index in [2.05, 4.69) is 13.8 Å². The van der Waals surface area contributed by atoms with Gasteiger partial charge in [-0.05, 0) is 36.5 Å². The molecule has 27 heavy (non-hydrogen) atoms. The molecule has 0 fully saturated rings. The van der Waals surface area contributed by atoms with Gasteiger partial charge in [0.1, 0.15) is 10.1 Å². The predicted octanol–water partition coefficient (Wildman–Crippen LogP) is 3.79. The fourth-order valence-electron chi connectivity index (χ4n) is 3.57. The van der Waals surface area contributed by atoms with Gasteiger partial charge in [0.15, 0.2) is 0 Å². The normalized spacial score (nSPS) is 12.6. The number of hydrogen-bond donors (Lipinski definition) is 0. The molecule has 0 aromatic heterocycles. The van der Waals surface area contributed by atoms with E-state index in [9.17, 15) is 13.0 Å². The van der Waals surface area contributed by atoms with Crippen molar-refractivity contribution < 1.29 is 42.5 Å². The van der Waals surface area contributed by atoms with Gasteiger partial charge in [0.2, 0.25) is 0 Å². The largest absolute Gasteiger partial charge is 1.00 e. The van der Waals surface area contributed by atoms with E-state index in [1.165, 1.54) is 82.8 Å². The van der Waals surface area contributed by atoms with E-state index in [1.54, 1.807) is 12.1 Å². The van der Waals surface area contributed by atoms with Crippen molar-refractivity contribution in [2.45, 2.75) is 108 Å². The molecule has 0 aliphatic heterocycles. The summed E-state index contributed by atoms with van der Waals surface area (Å²) >= 11 is 0. The second-order valence-electron chi connectivity index (χ2n) is 7.45. The molecule has 0 N–H and O–H groups in total. The van der Waals surface area contributed by atoms with Crippen LogP contribution in [0.1, 0.15) is 109 Å². The smallest absolute Gasteiger partial charge is 0.744 e. The van der Waals surface area contributed by atoms with Gasteiger partial charge in [-0.15, -0.1) is 0 Å². The summed E-state index contributed by atoms with van der Waals surface area (Å²) in [5.74, 6) is 0.456. The van der Waals surface area contributed by atoms with Gasteiger partial charge in [0, 0.05) is 0 Å². The van der Waals surface area contributed by atoms with Crippen molar-refractivity contribution in [2.75, 3.05) is 0 Å². The average Bonchev–Trinajstić information content (AvgIpc) is 2.62. The van der Waals surface area contributed by atoms with Crippen molar-refractivity contribution in [3.63, 3.8) is 0 Å². The Labute approximate surface area is 189 Å². The molecule has 0 bridgehead atoms. The van der Waals surface area contributed by atoms with Crippen LogP contribution in [0.2, 0.25) is 0 Å². The summed E-state index contributed by atoms with van der Waals surface area (Å²) in [5, 5.41) is 0. The molecule has 1 aromatic rings. The Hall–Kier alpha value is 0.130. The van der Waals surface area contributed by atoms with E-state index in [0.29, 0.717) is 5.92 Å². The quantitative estimate of drug-likeness (QED) is 0.254. The molecule has 3 nitrogen and oxygen atoms in total. The van der Waals surface area contributed by atoms with Crippen LogP contribution in [0.15, 0.2) is 29.2 Å². The molecular formula is C22H37NaO3S. The molecule has 1 rings (SSSR count). The van der Waals surface area contributed by atoms with Gasteiger partial charge in [0.25, 0.3) is 0 Å². The van der Waals surface area contributed by atoms with Gasteiger partial charge in [-0.25, -0.2) is 8.42 Å². The van der Waals surface area contributed by atoms with Crippen molar-refractivity contribution in [3.05, 3.63) is 29.8 Å². The van der Waals surface area contributed by atoms with Crippen LogP contribution < -0.4 is 29.6 Å². The van der Waals surface area contributed by atoms with Crippen molar-refractivity contribution >= 4 is 10.1 Å². The Morgan fingerprint density at radius 1 is 0.778 bits per heavy atom. The maximum Gasteiger partial charge on any atom is 1.00 e. The number of rotatable bonds is 15. The number of unbranched alkanes of at least 4 members (excludes halogenated alkanes) is 10. The second kappa shape index (κ2) is 16.0. The fraction of sp³-hybridized carbons (Fsp3) is 0.727. The van der Waals surface area contributed by atoms with E-state index in [1.807, 2.05) is 0 Å². The Bertz CT molecular complexity index is 570. The summed E-state index contributed by atoms with van der Waals surface area (Å²) in [6.07, 6.45) is 17.0. The summed E-state index contributed by atoms with van der Waals surface area (Å²) < 4.78 is 33.0. The molecule has 0 aliphatic rings. The molecule has 0 aliphatic carbocycles. The summed E-state index contributed by atoms with van der Waals surface area (Å²) in [6.45, 7) is 4.43. The topological polar surface area (TPSA) is 57.2 Å². The average molecular weight is 405 g/mol. The molecule has 1 aromatic carbocycles. The number of hydrogen-bond acceptors (Lipinski definition) is 3. The van der Waals surface area contributed by atoms with Crippen LogP contribution in [0, 0.1) is 0 Å². The van der Waals surface area contributed by atoms with Gasteiger partial charge in [0.05, 0.1) is 4.90 Å². The molecular weight excluding hydrogens is 367 g/mol. The third-order valence-electron chi connectivity index (χ3n) is 5.29. The van der Waals surface area contributed by atoms with E-state index in [0.717, 1.165) is 18.4 Å². The van der Waals surface area contributed by atoms with Gasteiger partial charge >= 0.3 is 29.6 Å². The number of benzene rings is 1. The molecule has 150 valence electrons. The summed E-state index contributed by atoms with van der Waals surface area (Å²) in [6, 6.07) is 6.50. The standard InChI is InChI=1S/C22H38O3S.Na/c1-3-5-6-7-8-9-10-11-12-13-14-15-20(4-2)21-16-18-22(19-17-21)26(23,24)25;/h16-20H,3-15H2,1-2H3,(H,23,24,25);/q;+1/p-1. The van der Waals surface area contributed by atoms with E-state index in [4.69, 9.17) is 0 Å². The minimum Gasteiger partial charge on any atom is -0.744 e. The molecule has 0 saturated heterocycles. The van der Waals surface area contributed by atoms with Gasteiger partial charge in [-0.3, -0.25) is 0 Å². The van der Waals surface area contributed by atoms with Crippen molar-refractivity contribution in [3.8, 4) is 0 Å². The molecule has 5 heteroatoms. The van der Waals surface area contributed by atoms with Crippen molar-refractivity contribution in [1.82, 2.24) is 0 Å². The first-order chi connectivity index (χ1) is 12.5. The summed E-state index contributed by atoms with van der Waals surface area (Å²) in [5.41, 5.74) is 1.15. The molecule has 0 spiro atoms. The molecule has 1 atom stereocenters. The second-order valence-corrected chi connectivity index (χ2v) is 8.83. The van der Waals surface area contributed by atoms with Crippen LogP contribution in [0.4, 0.5) is 0 Å². The minimum absolute atomic E-state index is 0. The van der Waals surface area contributed by atoms with E-state index < -0.39 is 10.1 Å². The van der Waals surface area contributed by atoms with Gasteiger partial charge in [-0.1, -0.05) is 96.6 Å². The third-order valence-corrected chi connectivity index (χ3v) is 6.14. The first-order valence-electron chi connectivity index (χ1n) is 10.5. The van der Waals surface area contributed by atoms with Crippen LogP contribution in [-0.2, 0) is 10.1 Å². The maximum absolute atomic E-state index is 11.0. The summed E-state index contributed by atoms with van der Waals surface area (Å²) in [4.78, 5) is -0.134. The Kier molecular flexibility index (Phi) is 16.1. The fourth-order valence-corrected chi connectivity index (χ4v) is 4.04. The zero-order valence-electron chi connectivity index (χ0n) is 17.7. The van der Waals surface area contributed by atoms with Crippen LogP contribution in [0.5, 0.6) is 0 Å². The first-order valence-corrected chi connectivity index (χ1v) is 12.0. The van der Waals surface area contributed by atoms with Crippen LogP contribution >= 0.6 is 0 Å². The van der Waals surface area contributed by atoms with Crippen LogP contribution in [-0.4, -0.2) is 13.0 Å².